The second kappa shape index (κ2) is 9.10. The van der Waals surface area contributed by atoms with Gasteiger partial charge in [0.15, 0.2) is 5.69 Å². The lowest BCUT2D eigenvalue weighted by Crippen LogP contribution is -2.52. The summed E-state index contributed by atoms with van der Waals surface area (Å²) in [6.07, 6.45) is 2.13. The zero-order valence-corrected chi connectivity index (χ0v) is 16.0. The summed E-state index contributed by atoms with van der Waals surface area (Å²) in [5.41, 5.74) is -0.0270. The number of rotatable bonds is 7. The third-order valence-corrected chi connectivity index (χ3v) is 5.49. The number of aromatic amines is 1. The molecule has 1 aliphatic heterocycles. The molecule has 2 heterocycles. The van der Waals surface area contributed by atoms with Crippen LogP contribution in [0.5, 0.6) is 0 Å². The van der Waals surface area contributed by atoms with Gasteiger partial charge in [-0.3, -0.25) is 14.5 Å². The summed E-state index contributed by atoms with van der Waals surface area (Å²) in [4.78, 5) is 27.2. The van der Waals surface area contributed by atoms with Gasteiger partial charge in [-0.15, -0.1) is 0 Å². The second-order valence-electron chi connectivity index (χ2n) is 6.95. The maximum absolute atomic E-state index is 12.8. The van der Waals surface area contributed by atoms with Gasteiger partial charge in [0.2, 0.25) is 0 Å². The summed E-state index contributed by atoms with van der Waals surface area (Å²) in [6, 6.07) is 7.31. The molecule has 1 aromatic carbocycles. The van der Waals surface area contributed by atoms with E-state index in [1.54, 1.807) is 24.3 Å². The van der Waals surface area contributed by atoms with Crippen molar-refractivity contribution in [3.05, 3.63) is 40.3 Å². The first-order valence-electron chi connectivity index (χ1n) is 9.73. The number of nitrogens with one attached hydrogen (secondary N) is 2. The van der Waals surface area contributed by atoms with E-state index in [1.165, 1.54) is 0 Å². The Morgan fingerprint density at radius 1 is 1.22 bits per heavy atom. The summed E-state index contributed by atoms with van der Waals surface area (Å²) < 4.78 is 5.48. The molecule has 0 spiro atoms. The van der Waals surface area contributed by atoms with Crippen molar-refractivity contribution >= 4 is 16.7 Å². The van der Waals surface area contributed by atoms with Gasteiger partial charge < -0.3 is 10.1 Å². The van der Waals surface area contributed by atoms with Gasteiger partial charge >= 0.3 is 0 Å². The first kappa shape index (κ1) is 19.5. The quantitative estimate of drug-likeness (QED) is 0.774. The number of ether oxygens (including phenoxy) is 1. The van der Waals surface area contributed by atoms with E-state index in [-0.39, 0.29) is 23.2 Å². The van der Waals surface area contributed by atoms with Crippen molar-refractivity contribution in [2.75, 3.05) is 32.8 Å². The first-order valence-corrected chi connectivity index (χ1v) is 9.73. The predicted molar refractivity (Wildman–Crippen MR) is 105 cm³/mol. The highest BCUT2D eigenvalue weighted by molar-refractivity contribution is 6.04. The smallest absolute Gasteiger partial charge is 0.272 e. The molecule has 1 saturated heterocycles. The van der Waals surface area contributed by atoms with Crippen LogP contribution in [0, 0.1) is 5.92 Å². The molecule has 146 valence electrons. The van der Waals surface area contributed by atoms with Crippen molar-refractivity contribution in [2.45, 2.75) is 32.7 Å². The van der Waals surface area contributed by atoms with Gasteiger partial charge in [-0.05, 0) is 12.0 Å². The molecule has 7 heteroatoms. The lowest BCUT2D eigenvalue weighted by atomic mass is 9.92. The molecule has 1 aromatic heterocycles. The average molecular weight is 372 g/mol. The predicted octanol–water partition coefficient (Wildman–Crippen LogP) is 1.79. The molecule has 0 aliphatic carbocycles. The number of amides is 1. The molecule has 1 amide bonds. The van der Waals surface area contributed by atoms with Crippen molar-refractivity contribution in [1.29, 1.82) is 0 Å². The van der Waals surface area contributed by atoms with Gasteiger partial charge in [-0.2, -0.15) is 5.10 Å². The van der Waals surface area contributed by atoms with Crippen LogP contribution in [0.2, 0.25) is 0 Å². The average Bonchev–Trinajstić information content (AvgIpc) is 2.72. The van der Waals surface area contributed by atoms with E-state index in [1.807, 2.05) is 0 Å². The Labute approximate surface area is 159 Å². The van der Waals surface area contributed by atoms with Gasteiger partial charge in [-0.1, -0.05) is 44.9 Å². The van der Waals surface area contributed by atoms with Gasteiger partial charge in [0.05, 0.1) is 18.6 Å². The monoisotopic (exact) mass is 372 g/mol. The van der Waals surface area contributed by atoms with Crippen molar-refractivity contribution in [3.63, 3.8) is 0 Å². The Hall–Kier alpha value is -2.25. The van der Waals surface area contributed by atoms with E-state index in [0.29, 0.717) is 23.2 Å². The highest BCUT2D eigenvalue weighted by atomic mass is 16.5. The summed E-state index contributed by atoms with van der Waals surface area (Å²) >= 11 is 0. The Kier molecular flexibility index (Phi) is 6.58. The van der Waals surface area contributed by atoms with Crippen molar-refractivity contribution in [1.82, 2.24) is 20.4 Å². The summed E-state index contributed by atoms with van der Waals surface area (Å²) in [5.74, 6) is 0.246. The number of carbonyl (C=O) groups excluding carboxylic acids is 1. The van der Waals surface area contributed by atoms with Crippen molar-refractivity contribution < 1.29 is 9.53 Å². The molecule has 1 unspecified atom stereocenters. The summed E-state index contributed by atoms with van der Waals surface area (Å²) in [5, 5.41) is 10.5. The van der Waals surface area contributed by atoms with Crippen LogP contribution in [-0.4, -0.2) is 59.9 Å². The van der Waals surface area contributed by atoms with Crippen LogP contribution in [0.3, 0.4) is 0 Å². The molecule has 3 rings (SSSR count). The molecular formula is C20H28N4O3. The minimum Gasteiger partial charge on any atom is -0.379 e. The molecule has 1 aliphatic rings. The van der Waals surface area contributed by atoms with Crippen LogP contribution in [0.4, 0.5) is 0 Å². The Bertz CT molecular complexity index is 825. The van der Waals surface area contributed by atoms with E-state index in [9.17, 15) is 9.59 Å². The molecule has 7 nitrogen and oxygen atoms in total. The maximum Gasteiger partial charge on any atom is 0.272 e. The van der Waals surface area contributed by atoms with Gasteiger partial charge in [0, 0.05) is 31.1 Å². The number of hydrogen-bond donors (Lipinski definition) is 2. The molecular weight excluding hydrogens is 344 g/mol. The first-order chi connectivity index (χ1) is 13.2. The molecule has 27 heavy (non-hydrogen) atoms. The lowest BCUT2D eigenvalue weighted by Gasteiger charge is -2.38. The molecule has 0 saturated carbocycles. The van der Waals surface area contributed by atoms with Crippen LogP contribution >= 0.6 is 0 Å². The van der Waals surface area contributed by atoms with E-state index < -0.39 is 0 Å². The molecule has 1 atom stereocenters. The number of hydrogen-bond acceptors (Lipinski definition) is 5. The normalized spacial score (nSPS) is 16.6. The van der Waals surface area contributed by atoms with E-state index in [4.69, 9.17) is 4.74 Å². The number of H-pyrrole nitrogens is 1. The minimum atomic E-state index is -0.287. The Morgan fingerprint density at radius 2 is 1.89 bits per heavy atom. The standard InChI is InChI=1S/C20H28N4O3/c1-3-14(4-2)17(24-9-11-27-12-10-24)13-21-20(26)18-15-7-5-6-8-16(15)19(25)23-22-18/h5-8,14,17H,3-4,9-13H2,1-2H3,(H,21,26)(H,23,25). The van der Waals surface area contributed by atoms with Gasteiger partial charge in [0.1, 0.15) is 0 Å². The SMILES string of the molecule is CCC(CC)C(CNC(=O)c1n[nH]c(=O)c2ccccc12)N1CCOCC1. The van der Waals surface area contributed by atoms with Crippen molar-refractivity contribution in [3.8, 4) is 0 Å². The third kappa shape index (κ3) is 4.36. The Balaban J connectivity index is 1.78. The minimum absolute atomic E-state index is 0.258. The summed E-state index contributed by atoms with van der Waals surface area (Å²) in [6.45, 7) is 8.18. The molecule has 0 radical (unpaired) electrons. The zero-order valence-electron chi connectivity index (χ0n) is 16.0. The molecule has 2 aromatic rings. The van der Waals surface area contributed by atoms with E-state index in [0.717, 1.165) is 39.1 Å². The number of carbonyl (C=O) groups is 1. The topological polar surface area (TPSA) is 87.3 Å². The zero-order chi connectivity index (χ0) is 19.2. The van der Waals surface area contributed by atoms with Crippen LogP contribution in [0.1, 0.15) is 37.2 Å². The fourth-order valence-electron chi connectivity index (χ4n) is 3.90. The Morgan fingerprint density at radius 3 is 2.56 bits per heavy atom. The second-order valence-corrected chi connectivity index (χ2v) is 6.95. The number of fused-ring (bicyclic) bond motifs is 1. The number of nitrogens with zero attached hydrogens (tertiary/aromatic N) is 2. The molecule has 2 N–H and O–H groups in total. The number of morpholine rings is 1. The highest BCUT2D eigenvalue weighted by Crippen LogP contribution is 2.20. The summed E-state index contributed by atoms with van der Waals surface area (Å²) in [7, 11) is 0. The van der Waals surface area contributed by atoms with E-state index >= 15 is 0 Å². The molecule has 1 fully saturated rings. The van der Waals surface area contributed by atoms with Crippen LogP contribution in [0.15, 0.2) is 29.1 Å². The fraction of sp³-hybridized carbons (Fsp3) is 0.550. The van der Waals surface area contributed by atoms with Crippen LogP contribution in [0.25, 0.3) is 10.8 Å². The van der Waals surface area contributed by atoms with E-state index in [2.05, 4.69) is 34.3 Å². The van der Waals surface area contributed by atoms with Crippen LogP contribution in [-0.2, 0) is 4.74 Å². The largest absolute Gasteiger partial charge is 0.379 e. The maximum atomic E-state index is 12.8. The third-order valence-electron chi connectivity index (χ3n) is 5.49. The molecule has 0 bridgehead atoms. The van der Waals surface area contributed by atoms with Crippen molar-refractivity contribution in [2.24, 2.45) is 5.92 Å². The van der Waals surface area contributed by atoms with Gasteiger partial charge in [0.25, 0.3) is 11.5 Å². The fourth-order valence-corrected chi connectivity index (χ4v) is 3.90. The highest BCUT2D eigenvalue weighted by Gasteiger charge is 2.27. The lowest BCUT2D eigenvalue weighted by molar-refractivity contribution is 0.00190. The number of benzene rings is 1. The number of aromatic nitrogens is 2. The van der Waals surface area contributed by atoms with Gasteiger partial charge in [-0.25, -0.2) is 5.10 Å². The van der Waals surface area contributed by atoms with Crippen LogP contribution < -0.4 is 10.9 Å².